The Balaban J connectivity index is 0.000000770. The lowest BCUT2D eigenvalue weighted by atomic mass is 10.1. The van der Waals surface area contributed by atoms with Crippen molar-refractivity contribution >= 4 is 35.2 Å². The fraction of sp³-hybridized carbons (Fsp3) is 0.182. The van der Waals surface area contributed by atoms with Crippen molar-refractivity contribution in [2.45, 2.75) is 6.92 Å². The van der Waals surface area contributed by atoms with Crippen molar-refractivity contribution in [1.82, 2.24) is 0 Å². The minimum absolute atomic E-state index is 0.165. The van der Waals surface area contributed by atoms with Crippen molar-refractivity contribution < 1.29 is 19.0 Å². The van der Waals surface area contributed by atoms with E-state index < -0.39 is 5.82 Å². The molecule has 0 unspecified atom stereocenters. The Kier molecular flexibility index (Phi) is 7.34. The third kappa shape index (κ3) is 5.06. The van der Waals surface area contributed by atoms with E-state index in [-0.39, 0.29) is 16.7 Å². The number of benzene rings is 1. The number of ether oxygens (including phenoxy) is 1. The highest BCUT2D eigenvalue weighted by Crippen LogP contribution is 2.27. The Morgan fingerprint density at radius 2 is 2.00 bits per heavy atom. The maximum absolute atomic E-state index is 13.0. The van der Waals surface area contributed by atoms with Crippen LogP contribution in [0.25, 0.3) is 5.57 Å². The van der Waals surface area contributed by atoms with E-state index in [0.29, 0.717) is 5.57 Å². The molecule has 0 fully saturated rings. The molecule has 3 nitrogen and oxygen atoms in total. The van der Waals surface area contributed by atoms with E-state index in [4.69, 9.17) is 37.8 Å². The Bertz CT molecular complexity index is 415. The van der Waals surface area contributed by atoms with Gasteiger partial charge in [0.15, 0.2) is 11.6 Å². The van der Waals surface area contributed by atoms with E-state index in [1.165, 1.54) is 13.2 Å². The summed E-state index contributed by atoms with van der Waals surface area (Å²) in [4.78, 5) is 8.36. The van der Waals surface area contributed by atoms with Crippen molar-refractivity contribution in [3.05, 3.63) is 34.1 Å². The third-order valence-electron chi connectivity index (χ3n) is 1.87. The zero-order valence-corrected chi connectivity index (χ0v) is 10.7. The molecule has 6 heteroatoms. The van der Waals surface area contributed by atoms with Gasteiger partial charge in [-0.15, -0.1) is 0 Å². The first-order valence-corrected chi connectivity index (χ1v) is 5.17. The smallest absolute Gasteiger partial charge is 0.290 e. The molecule has 1 aromatic rings. The van der Waals surface area contributed by atoms with E-state index in [1.54, 1.807) is 19.1 Å². The minimum atomic E-state index is -0.408. The molecular formula is C11H11Cl2FO3. The molecule has 0 radical (unpaired) electrons. The first-order valence-electron chi connectivity index (χ1n) is 4.41. The molecule has 0 heterocycles. The standard InChI is InChI=1S/C10H9Cl2FO.CH2O2/c1-6(10(11)12)7-3-4-8(13)9(5-7)14-2;2-1-3/h3-5H,1-2H3;1H,(H,2,3). The summed E-state index contributed by atoms with van der Waals surface area (Å²) in [7, 11) is 1.41. The topological polar surface area (TPSA) is 46.5 Å². The van der Waals surface area contributed by atoms with Crippen molar-refractivity contribution in [2.75, 3.05) is 7.11 Å². The molecule has 0 aromatic heterocycles. The second-order valence-corrected chi connectivity index (χ2v) is 3.79. The number of allylic oxidation sites excluding steroid dienone is 1. The van der Waals surface area contributed by atoms with Gasteiger partial charge in [0.25, 0.3) is 6.47 Å². The van der Waals surface area contributed by atoms with Gasteiger partial charge in [-0.05, 0) is 30.2 Å². The average Bonchev–Trinajstić information content (AvgIpc) is 2.29. The van der Waals surface area contributed by atoms with E-state index in [9.17, 15) is 4.39 Å². The van der Waals surface area contributed by atoms with E-state index in [1.807, 2.05) is 0 Å². The van der Waals surface area contributed by atoms with Gasteiger partial charge in [0.2, 0.25) is 0 Å². The van der Waals surface area contributed by atoms with Crippen LogP contribution in [0, 0.1) is 5.82 Å². The van der Waals surface area contributed by atoms with Crippen LogP contribution in [-0.2, 0) is 4.79 Å². The van der Waals surface area contributed by atoms with Gasteiger partial charge in [0.1, 0.15) is 4.49 Å². The fourth-order valence-corrected chi connectivity index (χ4v) is 1.22. The molecular weight excluding hydrogens is 270 g/mol. The Morgan fingerprint density at radius 1 is 1.47 bits per heavy atom. The van der Waals surface area contributed by atoms with Crippen molar-refractivity contribution in [3.63, 3.8) is 0 Å². The van der Waals surface area contributed by atoms with Crippen LogP contribution in [0.4, 0.5) is 4.39 Å². The van der Waals surface area contributed by atoms with Gasteiger partial charge in [-0.2, -0.15) is 0 Å². The predicted molar refractivity (Wildman–Crippen MR) is 65.9 cm³/mol. The number of hydrogen-bond acceptors (Lipinski definition) is 2. The molecule has 0 aliphatic heterocycles. The Morgan fingerprint density at radius 3 is 2.41 bits per heavy atom. The molecule has 1 N–H and O–H groups in total. The largest absolute Gasteiger partial charge is 0.494 e. The lowest BCUT2D eigenvalue weighted by Crippen LogP contribution is -1.90. The zero-order valence-electron chi connectivity index (χ0n) is 9.21. The number of methoxy groups -OCH3 is 1. The van der Waals surface area contributed by atoms with E-state index in [2.05, 4.69) is 0 Å². The van der Waals surface area contributed by atoms with Gasteiger partial charge >= 0.3 is 0 Å². The maximum Gasteiger partial charge on any atom is 0.290 e. The predicted octanol–water partition coefficient (Wildman–Crippen LogP) is 3.70. The number of rotatable bonds is 2. The monoisotopic (exact) mass is 280 g/mol. The highest BCUT2D eigenvalue weighted by atomic mass is 35.5. The molecule has 0 saturated heterocycles. The number of halogens is 3. The molecule has 0 aliphatic rings. The summed E-state index contributed by atoms with van der Waals surface area (Å²) in [6, 6.07) is 4.46. The van der Waals surface area contributed by atoms with Gasteiger partial charge in [0.05, 0.1) is 7.11 Å². The van der Waals surface area contributed by atoms with Crippen LogP contribution in [0.1, 0.15) is 12.5 Å². The molecule has 1 aromatic carbocycles. The first-order chi connectivity index (χ1) is 7.97. The van der Waals surface area contributed by atoms with Crippen molar-refractivity contribution in [1.29, 1.82) is 0 Å². The summed E-state index contributed by atoms with van der Waals surface area (Å²) in [6.07, 6.45) is 0. The fourth-order valence-electron chi connectivity index (χ4n) is 1.00. The second kappa shape index (κ2) is 7.92. The Hall–Kier alpha value is -1.26. The van der Waals surface area contributed by atoms with E-state index in [0.717, 1.165) is 5.56 Å². The molecule has 0 amide bonds. The van der Waals surface area contributed by atoms with Crippen LogP contribution in [0.15, 0.2) is 22.7 Å². The number of carboxylic acid groups (broad SMARTS) is 1. The second-order valence-electron chi connectivity index (χ2n) is 2.84. The summed E-state index contributed by atoms with van der Waals surface area (Å²) < 4.78 is 18.0. The number of hydrogen-bond donors (Lipinski definition) is 1. The SMILES string of the molecule is COc1cc(C(C)=C(Cl)Cl)ccc1F.O=CO. The van der Waals surface area contributed by atoms with Crippen LogP contribution < -0.4 is 4.74 Å². The van der Waals surface area contributed by atoms with Crippen molar-refractivity contribution in [2.24, 2.45) is 0 Å². The van der Waals surface area contributed by atoms with Crippen LogP contribution in [0.2, 0.25) is 0 Å². The zero-order chi connectivity index (χ0) is 13.4. The molecule has 0 spiro atoms. The van der Waals surface area contributed by atoms with Crippen molar-refractivity contribution in [3.8, 4) is 5.75 Å². The summed E-state index contributed by atoms with van der Waals surface area (Å²) in [5.41, 5.74) is 1.43. The number of carbonyl (C=O) groups is 1. The summed E-state index contributed by atoms with van der Waals surface area (Å²) >= 11 is 11.2. The molecule has 1 rings (SSSR count). The highest BCUT2D eigenvalue weighted by molar-refractivity contribution is 6.58. The highest BCUT2D eigenvalue weighted by Gasteiger charge is 2.06. The van der Waals surface area contributed by atoms with Gasteiger partial charge in [-0.1, -0.05) is 29.3 Å². The Labute approximate surface area is 108 Å². The van der Waals surface area contributed by atoms with E-state index >= 15 is 0 Å². The van der Waals surface area contributed by atoms with Gasteiger partial charge in [0, 0.05) is 0 Å². The van der Waals surface area contributed by atoms with Crippen LogP contribution >= 0.6 is 23.2 Å². The summed E-state index contributed by atoms with van der Waals surface area (Å²) in [6.45, 7) is 1.50. The lowest BCUT2D eigenvalue weighted by Gasteiger charge is -2.05. The van der Waals surface area contributed by atoms with Gasteiger partial charge in [-0.25, -0.2) is 4.39 Å². The molecule has 94 valence electrons. The third-order valence-corrected chi connectivity index (χ3v) is 2.43. The van der Waals surface area contributed by atoms with Gasteiger partial charge < -0.3 is 9.84 Å². The molecule has 0 saturated carbocycles. The van der Waals surface area contributed by atoms with Crippen LogP contribution in [0.5, 0.6) is 5.75 Å². The first kappa shape index (κ1) is 15.7. The van der Waals surface area contributed by atoms with Crippen LogP contribution in [-0.4, -0.2) is 18.7 Å². The molecule has 17 heavy (non-hydrogen) atoms. The van der Waals surface area contributed by atoms with Crippen LogP contribution in [0.3, 0.4) is 0 Å². The quantitative estimate of drug-likeness (QED) is 0.841. The summed E-state index contributed by atoms with van der Waals surface area (Å²) in [5, 5.41) is 6.89. The normalized spacial score (nSPS) is 8.76. The molecule has 0 atom stereocenters. The average molecular weight is 281 g/mol. The lowest BCUT2D eigenvalue weighted by molar-refractivity contribution is -0.122. The molecule has 0 bridgehead atoms. The maximum atomic E-state index is 13.0. The summed E-state index contributed by atoms with van der Waals surface area (Å²) in [5.74, 6) is -0.230. The minimum Gasteiger partial charge on any atom is -0.494 e. The molecule has 0 aliphatic carbocycles. The van der Waals surface area contributed by atoms with Gasteiger partial charge in [-0.3, -0.25) is 4.79 Å².